The Morgan fingerprint density at radius 3 is 2.45 bits per heavy atom. The molecule has 0 aliphatic heterocycles. The van der Waals surface area contributed by atoms with Gasteiger partial charge < -0.3 is 15.4 Å². The van der Waals surface area contributed by atoms with Crippen LogP contribution in [0, 0.1) is 5.92 Å². The summed E-state index contributed by atoms with van der Waals surface area (Å²) >= 11 is 0. The highest BCUT2D eigenvalue weighted by atomic mass is 16.5. The van der Waals surface area contributed by atoms with Crippen molar-refractivity contribution >= 4 is 17.8 Å². The topological polar surface area (TPSA) is 84.5 Å². The summed E-state index contributed by atoms with van der Waals surface area (Å²) in [5.74, 6) is -0.406. The third kappa shape index (κ3) is 5.59. The van der Waals surface area contributed by atoms with Crippen LogP contribution in [0.15, 0.2) is 0 Å². The summed E-state index contributed by atoms with van der Waals surface area (Å²) in [6.07, 6.45) is 4.98. The highest BCUT2D eigenvalue weighted by Crippen LogP contribution is 2.27. The molecule has 1 fully saturated rings. The zero-order valence-electron chi connectivity index (χ0n) is 12.2. The largest absolute Gasteiger partial charge is 0.469 e. The number of nitrogens with one attached hydrogen (secondary N) is 2. The second-order valence-electron chi connectivity index (χ2n) is 5.19. The van der Waals surface area contributed by atoms with E-state index in [-0.39, 0.29) is 30.1 Å². The summed E-state index contributed by atoms with van der Waals surface area (Å²) in [6, 6.07) is -0.451. The van der Waals surface area contributed by atoms with Gasteiger partial charge in [-0.05, 0) is 25.2 Å². The molecule has 0 saturated heterocycles. The molecule has 1 unspecified atom stereocenters. The fraction of sp³-hybridized carbons (Fsp3) is 0.786. The standard InChI is InChI=1S/C14H24N2O4/c1-10(17)16-13(11-6-3-4-7-11)14(19)15-9-5-8-12(18)20-2/h11,13H,3-9H2,1-2H3,(H,15,19)(H,16,17). The normalized spacial score (nSPS) is 16.5. The van der Waals surface area contributed by atoms with Gasteiger partial charge in [0.05, 0.1) is 7.11 Å². The molecule has 1 saturated carbocycles. The van der Waals surface area contributed by atoms with Gasteiger partial charge in [0.25, 0.3) is 0 Å². The van der Waals surface area contributed by atoms with Gasteiger partial charge in [-0.1, -0.05) is 12.8 Å². The molecular formula is C14H24N2O4. The van der Waals surface area contributed by atoms with Crippen molar-refractivity contribution in [3.8, 4) is 0 Å². The molecule has 1 aliphatic carbocycles. The van der Waals surface area contributed by atoms with Gasteiger partial charge in [0.15, 0.2) is 0 Å². The minimum Gasteiger partial charge on any atom is -0.469 e. The molecule has 2 N–H and O–H groups in total. The third-order valence-electron chi connectivity index (χ3n) is 3.60. The summed E-state index contributed by atoms with van der Waals surface area (Å²) < 4.78 is 4.53. The molecular weight excluding hydrogens is 260 g/mol. The van der Waals surface area contributed by atoms with E-state index in [2.05, 4.69) is 15.4 Å². The number of amides is 2. The molecule has 1 atom stereocenters. The van der Waals surface area contributed by atoms with Crippen LogP contribution < -0.4 is 10.6 Å². The predicted molar refractivity (Wildman–Crippen MR) is 73.8 cm³/mol. The Morgan fingerprint density at radius 2 is 1.90 bits per heavy atom. The zero-order chi connectivity index (χ0) is 15.0. The molecule has 114 valence electrons. The Kier molecular flexibility index (Phi) is 7.04. The average Bonchev–Trinajstić information content (AvgIpc) is 2.93. The van der Waals surface area contributed by atoms with Gasteiger partial charge in [0, 0.05) is 19.9 Å². The zero-order valence-corrected chi connectivity index (χ0v) is 12.2. The number of ether oxygens (including phenoxy) is 1. The molecule has 20 heavy (non-hydrogen) atoms. The van der Waals surface area contributed by atoms with E-state index in [9.17, 15) is 14.4 Å². The molecule has 0 aromatic heterocycles. The summed E-state index contributed by atoms with van der Waals surface area (Å²) in [4.78, 5) is 34.3. The number of esters is 1. The predicted octanol–water partition coefficient (Wildman–Crippen LogP) is 0.751. The molecule has 6 heteroatoms. The molecule has 0 aromatic carbocycles. The summed E-state index contributed by atoms with van der Waals surface area (Å²) in [5.41, 5.74) is 0. The van der Waals surface area contributed by atoms with E-state index in [1.165, 1.54) is 14.0 Å². The van der Waals surface area contributed by atoms with Crippen molar-refractivity contribution in [2.24, 2.45) is 5.92 Å². The Labute approximate surface area is 119 Å². The first-order valence-corrected chi connectivity index (χ1v) is 7.16. The van der Waals surface area contributed by atoms with Gasteiger partial charge in [-0.25, -0.2) is 0 Å². The minimum absolute atomic E-state index is 0.156. The number of methoxy groups -OCH3 is 1. The summed E-state index contributed by atoms with van der Waals surface area (Å²) in [5, 5.41) is 5.52. The molecule has 0 radical (unpaired) electrons. The summed E-state index contributed by atoms with van der Waals surface area (Å²) in [6.45, 7) is 1.84. The molecule has 0 spiro atoms. The van der Waals surface area contributed by atoms with E-state index in [0.29, 0.717) is 13.0 Å². The van der Waals surface area contributed by atoms with E-state index in [0.717, 1.165) is 25.7 Å². The molecule has 0 heterocycles. The number of carbonyl (C=O) groups is 3. The molecule has 0 bridgehead atoms. The first-order chi connectivity index (χ1) is 9.54. The maximum atomic E-state index is 12.1. The van der Waals surface area contributed by atoms with Crippen LogP contribution in [0.2, 0.25) is 0 Å². The molecule has 2 amide bonds. The van der Waals surface area contributed by atoms with Gasteiger partial charge >= 0.3 is 5.97 Å². The van der Waals surface area contributed by atoms with Crippen molar-refractivity contribution in [3.63, 3.8) is 0 Å². The van der Waals surface area contributed by atoms with Crippen molar-refractivity contribution in [2.75, 3.05) is 13.7 Å². The van der Waals surface area contributed by atoms with E-state index < -0.39 is 6.04 Å². The average molecular weight is 284 g/mol. The maximum absolute atomic E-state index is 12.1. The van der Waals surface area contributed by atoms with Crippen LogP contribution in [0.25, 0.3) is 0 Å². The molecule has 1 rings (SSSR count). The second-order valence-corrected chi connectivity index (χ2v) is 5.19. The number of rotatable bonds is 7. The molecule has 1 aliphatic rings. The van der Waals surface area contributed by atoms with Crippen LogP contribution >= 0.6 is 0 Å². The lowest BCUT2D eigenvalue weighted by Crippen LogP contribution is -2.50. The van der Waals surface area contributed by atoms with Crippen molar-refractivity contribution in [1.29, 1.82) is 0 Å². The fourth-order valence-electron chi connectivity index (χ4n) is 2.56. The maximum Gasteiger partial charge on any atom is 0.305 e. The van der Waals surface area contributed by atoms with Gasteiger partial charge in [0.2, 0.25) is 11.8 Å². The lowest BCUT2D eigenvalue weighted by molar-refractivity contribution is -0.140. The molecule has 6 nitrogen and oxygen atoms in total. The van der Waals surface area contributed by atoms with Crippen molar-refractivity contribution < 1.29 is 19.1 Å². The Balaban J connectivity index is 2.38. The van der Waals surface area contributed by atoms with E-state index in [1.807, 2.05) is 0 Å². The van der Waals surface area contributed by atoms with Crippen LogP contribution in [-0.2, 0) is 19.1 Å². The lowest BCUT2D eigenvalue weighted by Gasteiger charge is -2.23. The smallest absolute Gasteiger partial charge is 0.305 e. The molecule has 0 aromatic rings. The van der Waals surface area contributed by atoms with Crippen molar-refractivity contribution in [3.05, 3.63) is 0 Å². The fourth-order valence-corrected chi connectivity index (χ4v) is 2.56. The van der Waals surface area contributed by atoms with Gasteiger partial charge in [-0.3, -0.25) is 14.4 Å². The van der Waals surface area contributed by atoms with Gasteiger partial charge in [-0.2, -0.15) is 0 Å². The van der Waals surface area contributed by atoms with E-state index in [4.69, 9.17) is 0 Å². The number of hydrogen-bond donors (Lipinski definition) is 2. The van der Waals surface area contributed by atoms with Crippen molar-refractivity contribution in [1.82, 2.24) is 10.6 Å². The van der Waals surface area contributed by atoms with Crippen molar-refractivity contribution in [2.45, 2.75) is 51.5 Å². The van der Waals surface area contributed by atoms with E-state index in [1.54, 1.807) is 0 Å². The Morgan fingerprint density at radius 1 is 1.25 bits per heavy atom. The lowest BCUT2D eigenvalue weighted by atomic mass is 9.97. The first kappa shape index (κ1) is 16.5. The van der Waals surface area contributed by atoms with Crippen LogP contribution in [-0.4, -0.2) is 37.5 Å². The summed E-state index contributed by atoms with van der Waals surface area (Å²) in [7, 11) is 1.34. The van der Waals surface area contributed by atoms with Crippen LogP contribution in [0.4, 0.5) is 0 Å². The Bertz CT molecular complexity index is 351. The van der Waals surface area contributed by atoms with Crippen LogP contribution in [0.3, 0.4) is 0 Å². The quantitative estimate of drug-likeness (QED) is 0.534. The monoisotopic (exact) mass is 284 g/mol. The number of carbonyl (C=O) groups excluding carboxylic acids is 3. The van der Waals surface area contributed by atoms with Gasteiger partial charge in [-0.15, -0.1) is 0 Å². The minimum atomic E-state index is -0.451. The third-order valence-corrected chi connectivity index (χ3v) is 3.60. The van der Waals surface area contributed by atoms with E-state index >= 15 is 0 Å². The van der Waals surface area contributed by atoms with Crippen LogP contribution in [0.1, 0.15) is 45.4 Å². The Hall–Kier alpha value is -1.59. The second kappa shape index (κ2) is 8.55. The van der Waals surface area contributed by atoms with Gasteiger partial charge in [0.1, 0.15) is 6.04 Å². The number of hydrogen-bond acceptors (Lipinski definition) is 4. The van der Waals surface area contributed by atoms with Crippen LogP contribution in [0.5, 0.6) is 0 Å². The first-order valence-electron chi connectivity index (χ1n) is 7.16. The highest BCUT2D eigenvalue weighted by Gasteiger charge is 2.30. The highest BCUT2D eigenvalue weighted by molar-refractivity contribution is 5.87. The SMILES string of the molecule is COC(=O)CCCNC(=O)C(NC(C)=O)C1CCCC1.